The van der Waals surface area contributed by atoms with Crippen molar-refractivity contribution < 1.29 is 0 Å². The fourth-order valence-electron chi connectivity index (χ4n) is 1.45. The highest BCUT2D eigenvalue weighted by molar-refractivity contribution is 4.95. The van der Waals surface area contributed by atoms with Crippen LogP contribution < -0.4 is 5.32 Å². The quantitative estimate of drug-likeness (QED) is 0.755. The van der Waals surface area contributed by atoms with E-state index in [0.29, 0.717) is 6.04 Å². The predicted octanol–water partition coefficient (Wildman–Crippen LogP) is 0.850. The molecule has 0 fully saturated rings. The van der Waals surface area contributed by atoms with E-state index in [1.807, 2.05) is 17.9 Å². The molecule has 0 saturated heterocycles. The molecule has 0 radical (unpaired) electrons. The van der Waals surface area contributed by atoms with E-state index >= 15 is 0 Å². The summed E-state index contributed by atoms with van der Waals surface area (Å²) in [7, 11) is 4.12. The second-order valence-corrected chi connectivity index (χ2v) is 4.38. The molecule has 0 aliphatic carbocycles. The Hall–Kier alpha value is -0.870. The molecule has 0 bridgehead atoms. The van der Waals surface area contributed by atoms with Gasteiger partial charge in [-0.05, 0) is 7.05 Å². The molecule has 1 heterocycles. The summed E-state index contributed by atoms with van der Waals surface area (Å²) in [6.07, 6.45) is 3.90. The van der Waals surface area contributed by atoms with Crippen LogP contribution in [0.3, 0.4) is 0 Å². The fourth-order valence-corrected chi connectivity index (χ4v) is 1.45. The van der Waals surface area contributed by atoms with Crippen molar-refractivity contribution in [2.45, 2.75) is 26.4 Å². The number of nitrogens with zero attached hydrogens (tertiary/aromatic N) is 3. The van der Waals surface area contributed by atoms with Gasteiger partial charge in [-0.2, -0.15) is 0 Å². The van der Waals surface area contributed by atoms with E-state index in [0.717, 1.165) is 25.3 Å². The van der Waals surface area contributed by atoms with Gasteiger partial charge >= 0.3 is 0 Å². The van der Waals surface area contributed by atoms with Gasteiger partial charge in [-0.15, -0.1) is 0 Å². The van der Waals surface area contributed by atoms with Gasteiger partial charge in [-0.25, -0.2) is 4.98 Å². The Bertz CT molecular complexity index is 280. The lowest BCUT2D eigenvalue weighted by molar-refractivity contribution is 0.317. The Morgan fingerprint density at radius 3 is 2.80 bits per heavy atom. The van der Waals surface area contributed by atoms with E-state index in [4.69, 9.17) is 0 Å². The highest BCUT2D eigenvalue weighted by Crippen LogP contribution is 1.98. The monoisotopic (exact) mass is 210 g/mol. The average Bonchev–Trinajstić information content (AvgIpc) is 2.50. The van der Waals surface area contributed by atoms with Gasteiger partial charge in [-0.3, -0.25) is 4.90 Å². The summed E-state index contributed by atoms with van der Waals surface area (Å²) >= 11 is 0. The number of aryl methyl sites for hydroxylation is 1. The molecule has 0 amide bonds. The van der Waals surface area contributed by atoms with Crippen LogP contribution in [0, 0.1) is 0 Å². The lowest BCUT2D eigenvalue weighted by Crippen LogP contribution is -2.32. The summed E-state index contributed by atoms with van der Waals surface area (Å²) in [5.74, 6) is 0. The van der Waals surface area contributed by atoms with Gasteiger partial charge in [-0.1, -0.05) is 13.8 Å². The number of likely N-dealkylation sites (N-methyl/N-ethyl adjacent to an activating group) is 1. The Balaban J connectivity index is 2.21. The van der Waals surface area contributed by atoms with E-state index in [2.05, 4.69) is 42.3 Å². The van der Waals surface area contributed by atoms with Crippen molar-refractivity contribution in [3.63, 3.8) is 0 Å². The zero-order chi connectivity index (χ0) is 11.3. The lowest BCUT2D eigenvalue weighted by Gasteiger charge is -2.16. The molecule has 86 valence electrons. The molecule has 1 N–H and O–H groups in total. The van der Waals surface area contributed by atoms with Crippen LogP contribution in [0.4, 0.5) is 0 Å². The zero-order valence-corrected chi connectivity index (χ0v) is 10.2. The second kappa shape index (κ2) is 5.88. The summed E-state index contributed by atoms with van der Waals surface area (Å²) < 4.78 is 1.98. The van der Waals surface area contributed by atoms with Crippen molar-refractivity contribution in [2.24, 2.45) is 7.05 Å². The third kappa shape index (κ3) is 4.95. The molecule has 0 aliphatic rings. The predicted molar refractivity (Wildman–Crippen MR) is 62.7 cm³/mol. The largest absolute Gasteiger partial charge is 0.340 e. The third-order valence-electron chi connectivity index (χ3n) is 2.24. The number of nitrogens with one attached hydrogen (secondary N) is 1. The highest BCUT2D eigenvalue weighted by Gasteiger charge is 2.02. The lowest BCUT2D eigenvalue weighted by atomic mass is 10.4. The Morgan fingerprint density at radius 2 is 2.27 bits per heavy atom. The van der Waals surface area contributed by atoms with E-state index in [-0.39, 0.29) is 0 Å². The smallest absolute Gasteiger partial charge is 0.0947 e. The van der Waals surface area contributed by atoms with Gasteiger partial charge in [0.05, 0.1) is 12.0 Å². The molecule has 4 heteroatoms. The Kier molecular flexibility index (Phi) is 4.78. The number of hydrogen-bond acceptors (Lipinski definition) is 3. The van der Waals surface area contributed by atoms with Crippen LogP contribution in [0.1, 0.15) is 19.5 Å². The summed E-state index contributed by atoms with van der Waals surface area (Å²) in [4.78, 5) is 6.58. The molecule has 15 heavy (non-hydrogen) atoms. The average molecular weight is 210 g/mol. The zero-order valence-electron chi connectivity index (χ0n) is 10.2. The maximum absolute atomic E-state index is 4.30. The Morgan fingerprint density at radius 1 is 1.53 bits per heavy atom. The first kappa shape index (κ1) is 12.2. The fraction of sp³-hybridized carbons (Fsp3) is 0.727. The van der Waals surface area contributed by atoms with Crippen LogP contribution in [0.15, 0.2) is 12.5 Å². The van der Waals surface area contributed by atoms with Gasteiger partial charge in [0.1, 0.15) is 0 Å². The van der Waals surface area contributed by atoms with Gasteiger partial charge in [0.15, 0.2) is 0 Å². The Labute approximate surface area is 92.3 Å². The molecule has 0 aliphatic heterocycles. The first-order valence-electron chi connectivity index (χ1n) is 5.46. The second-order valence-electron chi connectivity index (χ2n) is 4.38. The van der Waals surface area contributed by atoms with Gasteiger partial charge in [0.2, 0.25) is 0 Å². The minimum Gasteiger partial charge on any atom is -0.340 e. The van der Waals surface area contributed by atoms with Crippen molar-refractivity contribution in [2.75, 3.05) is 20.1 Å². The van der Waals surface area contributed by atoms with Crippen molar-refractivity contribution in [1.29, 1.82) is 0 Å². The molecule has 0 aromatic carbocycles. The molecule has 1 aromatic heterocycles. The van der Waals surface area contributed by atoms with E-state index < -0.39 is 0 Å². The van der Waals surface area contributed by atoms with E-state index in [1.54, 1.807) is 0 Å². The molecule has 0 atom stereocenters. The molecule has 0 saturated carbocycles. The number of hydrogen-bond donors (Lipinski definition) is 1. The van der Waals surface area contributed by atoms with Crippen molar-refractivity contribution in [1.82, 2.24) is 19.8 Å². The first-order chi connectivity index (χ1) is 7.08. The normalized spacial score (nSPS) is 11.6. The molecule has 1 aromatic rings. The molecule has 0 spiro atoms. The SMILES string of the molecule is CC(C)NCCN(C)Cc1cn(C)cn1. The molecular formula is C11H22N4. The first-order valence-corrected chi connectivity index (χ1v) is 5.46. The minimum absolute atomic E-state index is 0.563. The summed E-state index contributed by atoms with van der Waals surface area (Å²) in [5, 5.41) is 3.40. The van der Waals surface area contributed by atoms with E-state index in [1.165, 1.54) is 0 Å². The van der Waals surface area contributed by atoms with Gasteiger partial charge in [0, 0.05) is 38.9 Å². The van der Waals surface area contributed by atoms with Crippen molar-refractivity contribution >= 4 is 0 Å². The van der Waals surface area contributed by atoms with Gasteiger partial charge in [0.25, 0.3) is 0 Å². The van der Waals surface area contributed by atoms with Crippen LogP contribution in [0.25, 0.3) is 0 Å². The van der Waals surface area contributed by atoms with E-state index in [9.17, 15) is 0 Å². The van der Waals surface area contributed by atoms with Crippen LogP contribution >= 0.6 is 0 Å². The van der Waals surface area contributed by atoms with Gasteiger partial charge < -0.3 is 9.88 Å². The minimum atomic E-state index is 0.563. The van der Waals surface area contributed by atoms with Crippen LogP contribution in [-0.2, 0) is 13.6 Å². The topological polar surface area (TPSA) is 33.1 Å². The van der Waals surface area contributed by atoms with Crippen LogP contribution in [0.2, 0.25) is 0 Å². The summed E-state index contributed by atoms with van der Waals surface area (Å²) in [6.45, 7) is 7.33. The third-order valence-corrected chi connectivity index (χ3v) is 2.24. The number of rotatable bonds is 6. The maximum Gasteiger partial charge on any atom is 0.0947 e. The van der Waals surface area contributed by atoms with Crippen LogP contribution in [0.5, 0.6) is 0 Å². The molecule has 0 unspecified atom stereocenters. The summed E-state index contributed by atoms with van der Waals surface area (Å²) in [5.41, 5.74) is 1.13. The summed E-state index contributed by atoms with van der Waals surface area (Å²) in [6, 6.07) is 0.563. The molecular weight excluding hydrogens is 188 g/mol. The van der Waals surface area contributed by atoms with Crippen molar-refractivity contribution in [3.8, 4) is 0 Å². The standard InChI is InChI=1S/C11H22N4/c1-10(2)12-5-6-14(3)7-11-8-15(4)9-13-11/h8-10,12H,5-7H2,1-4H3. The van der Waals surface area contributed by atoms with Crippen molar-refractivity contribution in [3.05, 3.63) is 18.2 Å². The maximum atomic E-state index is 4.30. The number of aromatic nitrogens is 2. The van der Waals surface area contributed by atoms with Crippen LogP contribution in [-0.4, -0.2) is 40.6 Å². The number of imidazole rings is 1. The molecule has 1 rings (SSSR count). The molecule has 4 nitrogen and oxygen atoms in total. The highest BCUT2D eigenvalue weighted by atomic mass is 15.1.